The van der Waals surface area contributed by atoms with Crippen LogP contribution in [-0.4, -0.2) is 52.0 Å². The minimum absolute atomic E-state index is 0.334. The maximum Gasteiger partial charge on any atom is 0.241 e. The lowest BCUT2D eigenvalue weighted by Crippen LogP contribution is -2.35. The van der Waals surface area contributed by atoms with Crippen LogP contribution in [0.15, 0.2) is 28.8 Å². The number of carbonyl (C=O) groups excluding carboxylic acids is 1. The molecule has 1 aromatic carbocycles. The Morgan fingerprint density at radius 3 is 2.63 bits per heavy atom. The Morgan fingerprint density at radius 1 is 1.15 bits per heavy atom. The van der Waals surface area contributed by atoms with Crippen molar-refractivity contribution >= 4 is 17.5 Å². The van der Waals surface area contributed by atoms with Crippen molar-refractivity contribution < 1.29 is 9.32 Å². The second-order valence-electron chi connectivity index (χ2n) is 7.51. The Bertz CT molecular complexity index is 769. The third-order valence-corrected chi connectivity index (χ3v) is 5.87. The van der Waals surface area contributed by atoms with Crippen molar-refractivity contribution in [2.24, 2.45) is 5.92 Å². The normalized spacial score (nSPS) is 19.1. The van der Waals surface area contributed by atoms with Gasteiger partial charge in [0.25, 0.3) is 0 Å². The maximum absolute atomic E-state index is 11.7. The summed E-state index contributed by atoms with van der Waals surface area (Å²) >= 11 is 5.92. The van der Waals surface area contributed by atoms with Gasteiger partial charge in [0.2, 0.25) is 17.6 Å². The van der Waals surface area contributed by atoms with Crippen LogP contribution in [0, 0.1) is 5.92 Å². The highest BCUT2D eigenvalue weighted by Crippen LogP contribution is 2.24. The molecule has 0 unspecified atom stereocenters. The van der Waals surface area contributed by atoms with Gasteiger partial charge in [0, 0.05) is 30.1 Å². The smallest absolute Gasteiger partial charge is 0.241 e. The van der Waals surface area contributed by atoms with E-state index in [-0.39, 0.29) is 0 Å². The SMILES string of the molecule is O=C1CCCN1CCC1CCN(Cc2nc(-c3ccc(Cl)cc3)no2)CC1. The fourth-order valence-corrected chi connectivity index (χ4v) is 4.06. The number of hydrogen-bond acceptors (Lipinski definition) is 5. The molecule has 2 saturated heterocycles. The summed E-state index contributed by atoms with van der Waals surface area (Å²) in [5.74, 6) is 2.30. The predicted molar refractivity (Wildman–Crippen MR) is 103 cm³/mol. The number of benzene rings is 1. The van der Waals surface area contributed by atoms with Crippen LogP contribution in [-0.2, 0) is 11.3 Å². The van der Waals surface area contributed by atoms with Crippen molar-refractivity contribution in [3.8, 4) is 11.4 Å². The molecule has 2 aliphatic heterocycles. The molecule has 0 radical (unpaired) electrons. The molecule has 0 saturated carbocycles. The molecule has 1 aromatic heterocycles. The number of halogens is 1. The number of likely N-dealkylation sites (tertiary alicyclic amines) is 2. The number of carbonyl (C=O) groups is 1. The molecule has 0 atom stereocenters. The van der Waals surface area contributed by atoms with Gasteiger partial charge in [-0.1, -0.05) is 16.8 Å². The highest BCUT2D eigenvalue weighted by Gasteiger charge is 2.24. The van der Waals surface area contributed by atoms with Gasteiger partial charge in [0.1, 0.15) is 0 Å². The van der Waals surface area contributed by atoms with Crippen molar-refractivity contribution in [3.63, 3.8) is 0 Å². The van der Waals surface area contributed by atoms with Crippen LogP contribution in [0.3, 0.4) is 0 Å². The van der Waals surface area contributed by atoms with Gasteiger partial charge < -0.3 is 9.42 Å². The summed E-state index contributed by atoms with van der Waals surface area (Å²) in [5.41, 5.74) is 0.907. The van der Waals surface area contributed by atoms with Crippen LogP contribution < -0.4 is 0 Å². The molecule has 144 valence electrons. The second-order valence-corrected chi connectivity index (χ2v) is 7.95. The molecular weight excluding hydrogens is 364 g/mol. The molecule has 1 amide bonds. The molecule has 2 fully saturated rings. The first-order chi connectivity index (χ1) is 13.2. The zero-order valence-electron chi connectivity index (χ0n) is 15.4. The predicted octanol–water partition coefficient (Wildman–Crippen LogP) is 3.61. The zero-order valence-corrected chi connectivity index (χ0v) is 16.2. The number of aromatic nitrogens is 2. The molecule has 27 heavy (non-hydrogen) atoms. The first kappa shape index (κ1) is 18.4. The van der Waals surface area contributed by atoms with Crippen LogP contribution in [0.2, 0.25) is 5.02 Å². The fraction of sp³-hybridized carbons (Fsp3) is 0.550. The molecular formula is C20H25ClN4O2. The monoisotopic (exact) mass is 388 g/mol. The van der Waals surface area contributed by atoms with E-state index in [0.717, 1.165) is 51.0 Å². The third kappa shape index (κ3) is 4.68. The van der Waals surface area contributed by atoms with Gasteiger partial charge in [-0.2, -0.15) is 4.98 Å². The lowest BCUT2D eigenvalue weighted by molar-refractivity contribution is -0.127. The Morgan fingerprint density at radius 2 is 1.93 bits per heavy atom. The fourth-order valence-electron chi connectivity index (χ4n) is 3.94. The van der Waals surface area contributed by atoms with Gasteiger partial charge in [-0.05, 0) is 69.0 Å². The number of piperidine rings is 1. The van der Waals surface area contributed by atoms with Crippen molar-refractivity contribution in [1.82, 2.24) is 19.9 Å². The molecule has 0 spiro atoms. The van der Waals surface area contributed by atoms with E-state index in [2.05, 4.69) is 15.0 Å². The van der Waals surface area contributed by atoms with E-state index in [1.165, 1.54) is 12.8 Å². The first-order valence-electron chi connectivity index (χ1n) is 9.76. The average molecular weight is 389 g/mol. The summed E-state index contributed by atoms with van der Waals surface area (Å²) < 4.78 is 5.43. The molecule has 2 aliphatic rings. The molecule has 2 aromatic rings. The van der Waals surface area contributed by atoms with E-state index in [4.69, 9.17) is 16.1 Å². The highest BCUT2D eigenvalue weighted by molar-refractivity contribution is 6.30. The van der Waals surface area contributed by atoms with Crippen molar-refractivity contribution in [2.75, 3.05) is 26.2 Å². The van der Waals surface area contributed by atoms with E-state index in [9.17, 15) is 4.79 Å². The Labute approximate surface area is 164 Å². The van der Waals surface area contributed by atoms with Gasteiger partial charge in [-0.3, -0.25) is 9.69 Å². The van der Waals surface area contributed by atoms with Crippen LogP contribution >= 0.6 is 11.6 Å². The lowest BCUT2D eigenvalue weighted by atomic mass is 9.93. The van der Waals surface area contributed by atoms with Crippen LogP contribution in [0.25, 0.3) is 11.4 Å². The summed E-state index contributed by atoms with van der Waals surface area (Å²) in [6.45, 7) is 4.65. The molecule has 7 heteroatoms. The number of hydrogen-bond donors (Lipinski definition) is 0. The van der Waals surface area contributed by atoms with E-state index in [1.54, 1.807) is 0 Å². The molecule has 0 aliphatic carbocycles. The largest absolute Gasteiger partial charge is 0.343 e. The van der Waals surface area contributed by atoms with E-state index in [1.807, 2.05) is 29.2 Å². The van der Waals surface area contributed by atoms with Crippen LogP contribution in [0.4, 0.5) is 0 Å². The third-order valence-electron chi connectivity index (χ3n) is 5.62. The van der Waals surface area contributed by atoms with E-state index < -0.39 is 0 Å². The molecule has 0 N–H and O–H groups in total. The maximum atomic E-state index is 11.7. The lowest BCUT2D eigenvalue weighted by Gasteiger charge is -2.31. The Balaban J connectivity index is 1.23. The zero-order chi connectivity index (χ0) is 18.6. The number of amides is 1. The standard InChI is InChI=1S/C20H25ClN4O2/c21-17-5-3-16(4-6-17)20-22-18(27-23-20)14-24-11-7-15(8-12-24)9-13-25-10-1-2-19(25)26/h3-6,15H,1-2,7-14H2. The van der Waals surface area contributed by atoms with Crippen LogP contribution in [0.5, 0.6) is 0 Å². The minimum Gasteiger partial charge on any atom is -0.343 e. The van der Waals surface area contributed by atoms with Gasteiger partial charge >= 0.3 is 0 Å². The van der Waals surface area contributed by atoms with Crippen molar-refractivity contribution in [1.29, 1.82) is 0 Å². The van der Waals surface area contributed by atoms with Gasteiger partial charge in [-0.15, -0.1) is 0 Å². The summed E-state index contributed by atoms with van der Waals surface area (Å²) in [5, 5.41) is 4.78. The minimum atomic E-state index is 0.334. The van der Waals surface area contributed by atoms with Crippen molar-refractivity contribution in [2.45, 2.75) is 38.6 Å². The summed E-state index contributed by atoms with van der Waals surface area (Å²) in [7, 11) is 0. The molecule has 4 rings (SSSR count). The summed E-state index contributed by atoms with van der Waals surface area (Å²) in [4.78, 5) is 20.6. The summed E-state index contributed by atoms with van der Waals surface area (Å²) in [6.07, 6.45) is 5.22. The molecule has 6 nitrogen and oxygen atoms in total. The second kappa shape index (κ2) is 8.40. The average Bonchev–Trinajstić information content (AvgIpc) is 3.31. The van der Waals surface area contributed by atoms with E-state index in [0.29, 0.717) is 35.1 Å². The molecule has 3 heterocycles. The Kier molecular flexibility index (Phi) is 5.74. The van der Waals surface area contributed by atoms with Gasteiger partial charge in [0.05, 0.1) is 6.54 Å². The number of rotatable bonds is 6. The van der Waals surface area contributed by atoms with Gasteiger partial charge in [0.15, 0.2) is 0 Å². The molecule has 0 bridgehead atoms. The van der Waals surface area contributed by atoms with Crippen LogP contribution in [0.1, 0.15) is 38.0 Å². The summed E-state index contributed by atoms with van der Waals surface area (Å²) in [6, 6.07) is 7.45. The van der Waals surface area contributed by atoms with E-state index >= 15 is 0 Å². The topological polar surface area (TPSA) is 62.5 Å². The Hall–Kier alpha value is -1.92. The van der Waals surface area contributed by atoms with Crippen molar-refractivity contribution in [3.05, 3.63) is 35.2 Å². The number of nitrogens with zero attached hydrogens (tertiary/aromatic N) is 4. The quantitative estimate of drug-likeness (QED) is 0.756. The highest BCUT2D eigenvalue weighted by atomic mass is 35.5. The van der Waals surface area contributed by atoms with Gasteiger partial charge in [-0.25, -0.2) is 0 Å². The first-order valence-corrected chi connectivity index (χ1v) is 10.1.